The number of aromatic nitrogens is 3. The Balaban J connectivity index is 1.16. The molecule has 0 saturated heterocycles. The summed E-state index contributed by atoms with van der Waals surface area (Å²) in [5.74, 6) is 1.79. The molecule has 0 spiro atoms. The molecule has 3 heterocycles. The van der Waals surface area contributed by atoms with Gasteiger partial charge in [0.2, 0.25) is 0 Å². The van der Waals surface area contributed by atoms with Crippen LogP contribution in [0.25, 0.3) is 111 Å². The minimum absolute atomic E-state index is 0.576. The molecule has 52 heavy (non-hydrogen) atoms. The molecule has 0 aliphatic heterocycles. The molecule has 0 atom stereocenters. The third kappa shape index (κ3) is 4.39. The van der Waals surface area contributed by atoms with Gasteiger partial charge in [0, 0.05) is 49.4 Å². The average Bonchev–Trinajstić information content (AvgIpc) is 3.80. The Labute approximate surface area is 297 Å². The third-order valence-electron chi connectivity index (χ3n) is 10.1. The lowest BCUT2D eigenvalue weighted by Crippen LogP contribution is -2.00. The molecule has 0 saturated carbocycles. The van der Waals surface area contributed by atoms with Gasteiger partial charge in [-0.05, 0) is 51.9 Å². The first-order valence-electron chi connectivity index (χ1n) is 17.4. The van der Waals surface area contributed by atoms with Crippen LogP contribution in [0.5, 0.6) is 0 Å². The van der Waals surface area contributed by atoms with Gasteiger partial charge < -0.3 is 8.83 Å². The highest BCUT2D eigenvalue weighted by atomic mass is 16.3. The Morgan fingerprint density at radius 3 is 1.79 bits per heavy atom. The number of benzene rings is 8. The van der Waals surface area contributed by atoms with Crippen LogP contribution in [0.4, 0.5) is 0 Å². The normalized spacial score (nSPS) is 11.8. The van der Waals surface area contributed by atoms with Crippen LogP contribution in [-0.2, 0) is 0 Å². The number of nitrogens with zero attached hydrogens (tertiary/aromatic N) is 3. The number of para-hydroxylation sites is 3. The zero-order valence-corrected chi connectivity index (χ0v) is 27.7. The molecule has 0 bridgehead atoms. The van der Waals surface area contributed by atoms with Crippen molar-refractivity contribution in [3.05, 3.63) is 164 Å². The van der Waals surface area contributed by atoms with Crippen LogP contribution < -0.4 is 0 Å². The molecule has 11 aromatic rings. The minimum atomic E-state index is 0.576. The van der Waals surface area contributed by atoms with E-state index in [-0.39, 0.29) is 0 Å². The first-order chi connectivity index (χ1) is 25.8. The summed E-state index contributed by atoms with van der Waals surface area (Å²) in [6, 6.07) is 56.2. The fourth-order valence-electron chi connectivity index (χ4n) is 7.68. The van der Waals surface area contributed by atoms with Gasteiger partial charge in [-0.3, -0.25) is 0 Å². The number of hydrogen-bond donors (Lipinski definition) is 0. The van der Waals surface area contributed by atoms with Gasteiger partial charge in [-0.1, -0.05) is 133 Å². The third-order valence-corrected chi connectivity index (χ3v) is 10.1. The Morgan fingerprint density at radius 1 is 0.327 bits per heavy atom. The van der Waals surface area contributed by atoms with E-state index < -0.39 is 0 Å². The maximum atomic E-state index is 6.72. The summed E-state index contributed by atoms with van der Waals surface area (Å²) in [4.78, 5) is 15.4. The minimum Gasteiger partial charge on any atom is -0.455 e. The van der Waals surface area contributed by atoms with Crippen LogP contribution in [0, 0.1) is 0 Å². The van der Waals surface area contributed by atoms with Crippen LogP contribution >= 0.6 is 0 Å². The zero-order chi connectivity index (χ0) is 34.2. The molecule has 0 unspecified atom stereocenters. The molecule has 5 nitrogen and oxygen atoms in total. The van der Waals surface area contributed by atoms with Crippen molar-refractivity contribution in [3.8, 4) is 45.3 Å². The van der Waals surface area contributed by atoms with E-state index in [1.165, 1.54) is 16.2 Å². The Morgan fingerprint density at radius 2 is 0.923 bits per heavy atom. The van der Waals surface area contributed by atoms with Crippen LogP contribution in [0.2, 0.25) is 0 Å². The van der Waals surface area contributed by atoms with Crippen molar-refractivity contribution in [1.29, 1.82) is 0 Å². The summed E-state index contributed by atoms with van der Waals surface area (Å²) in [6.45, 7) is 0. The largest absolute Gasteiger partial charge is 0.455 e. The average molecular weight is 666 g/mol. The molecule has 0 aliphatic carbocycles. The van der Waals surface area contributed by atoms with Gasteiger partial charge >= 0.3 is 0 Å². The maximum absolute atomic E-state index is 6.72. The van der Waals surface area contributed by atoms with E-state index >= 15 is 0 Å². The number of fused-ring (bicyclic) bond motifs is 9. The first-order valence-corrected chi connectivity index (χ1v) is 17.4. The molecule has 0 amide bonds. The first kappa shape index (κ1) is 28.7. The second-order valence-corrected chi connectivity index (χ2v) is 13.1. The fraction of sp³-hybridized carbons (Fsp3) is 0. The summed E-state index contributed by atoms with van der Waals surface area (Å²) in [6.07, 6.45) is 0. The highest BCUT2D eigenvalue weighted by Gasteiger charge is 2.22. The monoisotopic (exact) mass is 665 g/mol. The smallest absolute Gasteiger partial charge is 0.164 e. The standard InChI is InChI=1S/C47H27N3O2/c1-2-12-29(13-3-1)45-48-46(31-23-24-33-30(27-31)22-21-28-11-4-5-14-32(28)33)50-47(49-45)39-26-25-37(44-42(39)38-16-7-9-20-41(38)52-44)36-18-10-17-35-34-15-6-8-19-40(34)51-43(35)36/h1-27H. The van der Waals surface area contributed by atoms with Crippen molar-refractivity contribution in [2.24, 2.45) is 0 Å². The van der Waals surface area contributed by atoms with E-state index in [9.17, 15) is 0 Å². The fourth-order valence-corrected chi connectivity index (χ4v) is 7.68. The van der Waals surface area contributed by atoms with E-state index in [0.29, 0.717) is 17.5 Å². The summed E-state index contributed by atoms with van der Waals surface area (Å²) in [7, 11) is 0. The Bertz CT molecular complexity index is 3190. The topological polar surface area (TPSA) is 65.0 Å². The second kappa shape index (κ2) is 11.2. The zero-order valence-electron chi connectivity index (χ0n) is 27.7. The lowest BCUT2D eigenvalue weighted by molar-refractivity contribution is 0.665. The maximum Gasteiger partial charge on any atom is 0.164 e. The lowest BCUT2D eigenvalue weighted by Gasteiger charge is -2.12. The molecule has 242 valence electrons. The highest BCUT2D eigenvalue weighted by molar-refractivity contribution is 6.18. The predicted octanol–water partition coefficient (Wildman–Crippen LogP) is 12.6. The van der Waals surface area contributed by atoms with Gasteiger partial charge in [-0.2, -0.15) is 0 Å². The van der Waals surface area contributed by atoms with Crippen molar-refractivity contribution in [3.63, 3.8) is 0 Å². The van der Waals surface area contributed by atoms with Crippen LogP contribution in [-0.4, -0.2) is 15.0 Å². The van der Waals surface area contributed by atoms with Gasteiger partial charge in [0.25, 0.3) is 0 Å². The molecular weight excluding hydrogens is 639 g/mol. The molecule has 0 radical (unpaired) electrons. The molecule has 0 N–H and O–H groups in total. The van der Waals surface area contributed by atoms with Crippen LogP contribution in [0.3, 0.4) is 0 Å². The van der Waals surface area contributed by atoms with Gasteiger partial charge in [0.15, 0.2) is 17.5 Å². The van der Waals surface area contributed by atoms with Gasteiger partial charge in [-0.15, -0.1) is 0 Å². The second-order valence-electron chi connectivity index (χ2n) is 13.1. The molecule has 3 aromatic heterocycles. The predicted molar refractivity (Wildman–Crippen MR) is 211 cm³/mol. The lowest BCUT2D eigenvalue weighted by atomic mass is 9.96. The molecule has 0 aliphatic rings. The van der Waals surface area contributed by atoms with Gasteiger partial charge in [-0.25, -0.2) is 15.0 Å². The van der Waals surface area contributed by atoms with Crippen molar-refractivity contribution in [1.82, 2.24) is 15.0 Å². The summed E-state index contributed by atoms with van der Waals surface area (Å²) in [5.41, 5.74) is 7.85. The van der Waals surface area contributed by atoms with Gasteiger partial charge in [0.1, 0.15) is 22.3 Å². The van der Waals surface area contributed by atoms with Crippen molar-refractivity contribution >= 4 is 65.4 Å². The van der Waals surface area contributed by atoms with E-state index in [0.717, 1.165) is 77.1 Å². The molecule has 5 heteroatoms. The quantitative estimate of drug-likeness (QED) is 0.175. The van der Waals surface area contributed by atoms with Crippen molar-refractivity contribution < 1.29 is 8.83 Å². The SMILES string of the molecule is c1ccc(-c2nc(-c3ccc4c(ccc5ccccc54)c3)nc(-c3ccc(-c4cccc5c4oc4ccccc45)c4oc5ccccc5c34)n2)cc1. The molecule has 0 fully saturated rings. The molecular formula is C47H27N3O2. The summed E-state index contributed by atoms with van der Waals surface area (Å²) >= 11 is 0. The highest BCUT2D eigenvalue weighted by Crippen LogP contribution is 2.44. The van der Waals surface area contributed by atoms with Crippen molar-refractivity contribution in [2.45, 2.75) is 0 Å². The number of hydrogen-bond acceptors (Lipinski definition) is 5. The Kier molecular flexibility index (Phi) is 6.18. The number of furan rings is 2. The van der Waals surface area contributed by atoms with Crippen molar-refractivity contribution in [2.75, 3.05) is 0 Å². The van der Waals surface area contributed by atoms with Crippen LogP contribution in [0.1, 0.15) is 0 Å². The van der Waals surface area contributed by atoms with Crippen LogP contribution in [0.15, 0.2) is 173 Å². The Hall–Kier alpha value is -7.11. The summed E-state index contributed by atoms with van der Waals surface area (Å²) in [5, 5.41) is 8.86. The van der Waals surface area contributed by atoms with Gasteiger partial charge in [0.05, 0.1) is 0 Å². The van der Waals surface area contributed by atoms with E-state index in [4.69, 9.17) is 23.8 Å². The van der Waals surface area contributed by atoms with E-state index in [2.05, 4.69) is 97.1 Å². The number of rotatable bonds is 4. The van der Waals surface area contributed by atoms with E-state index in [1.807, 2.05) is 66.7 Å². The van der Waals surface area contributed by atoms with E-state index in [1.54, 1.807) is 0 Å². The molecule has 8 aromatic carbocycles. The molecule has 11 rings (SSSR count). The summed E-state index contributed by atoms with van der Waals surface area (Å²) < 4.78 is 13.2.